The summed E-state index contributed by atoms with van der Waals surface area (Å²) in [5.74, 6) is 0. The van der Waals surface area contributed by atoms with Gasteiger partial charge in [-0.2, -0.15) is 13.2 Å². The van der Waals surface area contributed by atoms with E-state index in [0.717, 1.165) is 11.7 Å². The van der Waals surface area contributed by atoms with Crippen LogP contribution >= 0.6 is 11.3 Å². The molecule has 2 fully saturated rings. The molecule has 0 bridgehead atoms. The number of aromatic nitrogens is 1. The van der Waals surface area contributed by atoms with Crippen LogP contribution in [0.15, 0.2) is 6.20 Å². The highest BCUT2D eigenvalue weighted by Crippen LogP contribution is 2.26. The summed E-state index contributed by atoms with van der Waals surface area (Å²) in [6, 6.07) is 0.668. The maximum Gasteiger partial charge on any atom is 0.401 e. The van der Waals surface area contributed by atoms with E-state index in [4.69, 9.17) is 0 Å². The summed E-state index contributed by atoms with van der Waals surface area (Å²) in [6.45, 7) is 2.13. The number of anilines is 1. The van der Waals surface area contributed by atoms with Crippen LogP contribution in [0.1, 0.15) is 17.7 Å². The Hall–Kier alpha value is -0.860. The van der Waals surface area contributed by atoms with Crippen LogP contribution in [-0.4, -0.2) is 54.8 Å². The highest BCUT2D eigenvalue weighted by atomic mass is 32.1. The minimum atomic E-state index is -4.11. The zero-order valence-electron chi connectivity index (χ0n) is 11.7. The van der Waals surface area contributed by atoms with Crippen LogP contribution in [0.5, 0.6) is 0 Å². The predicted octanol–water partition coefficient (Wildman–Crippen LogP) is 2.08. The lowest BCUT2D eigenvalue weighted by Gasteiger charge is -2.34. The molecular weight excluding hydrogens is 301 g/mol. The van der Waals surface area contributed by atoms with Crippen molar-refractivity contribution in [2.45, 2.75) is 31.6 Å². The normalized spacial score (nSPS) is 21.0. The molecule has 1 N–H and O–H groups in total. The van der Waals surface area contributed by atoms with Crippen LogP contribution in [-0.2, 0) is 6.54 Å². The molecular formula is C13H19F3N4S. The number of halogens is 3. The van der Waals surface area contributed by atoms with Crippen molar-refractivity contribution in [3.05, 3.63) is 11.1 Å². The molecule has 0 atom stereocenters. The van der Waals surface area contributed by atoms with Crippen LogP contribution in [0.3, 0.4) is 0 Å². The summed E-state index contributed by atoms with van der Waals surface area (Å²) in [7, 11) is 0. The maximum atomic E-state index is 12.3. The van der Waals surface area contributed by atoms with Crippen LogP contribution in [0.4, 0.5) is 18.3 Å². The Morgan fingerprint density at radius 2 is 1.95 bits per heavy atom. The second-order valence-electron chi connectivity index (χ2n) is 5.64. The third-order valence-corrected chi connectivity index (χ3v) is 4.79. The monoisotopic (exact) mass is 320 g/mol. The van der Waals surface area contributed by atoms with E-state index in [1.54, 1.807) is 11.3 Å². The summed E-state index contributed by atoms with van der Waals surface area (Å²) in [6.07, 6.45) is 0.280. The Labute approximate surface area is 125 Å². The first kappa shape index (κ1) is 15.1. The number of alkyl halides is 3. The first-order chi connectivity index (χ1) is 9.99. The number of thiazole rings is 1. The van der Waals surface area contributed by atoms with Crippen molar-refractivity contribution in [1.29, 1.82) is 0 Å². The lowest BCUT2D eigenvalue weighted by molar-refractivity contribution is -0.146. The number of rotatable bonds is 5. The van der Waals surface area contributed by atoms with E-state index < -0.39 is 12.7 Å². The van der Waals surface area contributed by atoms with Gasteiger partial charge in [0, 0.05) is 49.8 Å². The van der Waals surface area contributed by atoms with Gasteiger partial charge in [0.05, 0.1) is 6.54 Å². The van der Waals surface area contributed by atoms with Gasteiger partial charge in [-0.1, -0.05) is 0 Å². The average Bonchev–Trinajstić information content (AvgIpc) is 3.13. The fraction of sp³-hybridized carbons (Fsp3) is 0.769. The molecule has 1 aromatic heterocycles. The summed E-state index contributed by atoms with van der Waals surface area (Å²) >= 11 is 1.64. The molecule has 0 spiro atoms. The fourth-order valence-electron chi connectivity index (χ4n) is 2.41. The number of hydrogen-bond donors (Lipinski definition) is 1. The van der Waals surface area contributed by atoms with Gasteiger partial charge in [-0.25, -0.2) is 4.98 Å². The van der Waals surface area contributed by atoms with E-state index in [2.05, 4.69) is 15.2 Å². The molecule has 3 rings (SSSR count). The summed E-state index contributed by atoms with van der Waals surface area (Å²) in [4.78, 5) is 9.13. The third kappa shape index (κ3) is 4.55. The molecule has 0 aromatic carbocycles. The maximum absolute atomic E-state index is 12.3. The summed E-state index contributed by atoms with van der Waals surface area (Å²) < 4.78 is 37.0. The van der Waals surface area contributed by atoms with Crippen molar-refractivity contribution in [3.63, 3.8) is 0 Å². The first-order valence-electron chi connectivity index (χ1n) is 7.22. The molecule has 8 heteroatoms. The Bertz CT molecular complexity index is 464. The van der Waals surface area contributed by atoms with E-state index in [9.17, 15) is 13.2 Å². The number of hydrogen-bond acceptors (Lipinski definition) is 5. The van der Waals surface area contributed by atoms with Crippen molar-refractivity contribution in [3.8, 4) is 0 Å². The molecule has 0 radical (unpaired) electrons. The molecule has 1 aliphatic carbocycles. The van der Waals surface area contributed by atoms with Gasteiger partial charge in [0.15, 0.2) is 5.13 Å². The standard InChI is InChI=1S/C13H19F3N4S/c14-13(15,16)9-19-3-5-20(6-4-19)12-18-8-11(21-12)7-17-10-1-2-10/h8,10,17H,1-7,9H2. The molecule has 4 nitrogen and oxygen atoms in total. The molecule has 2 aliphatic rings. The first-order valence-corrected chi connectivity index (χ1v) is 8.03. The molecule has 2 heterocycles. The zero-order chi connectivity index (χ0) is 14.9. The van der Waals surface area contributed by atoms with Gasteiger partial charge < -0.3 is 10.2 Å². The van der Waals surface area contributed by atoms with E-state index in [-0.39, 0.29) is 0 Å². The Kier molecular flexibility index (Phi) is 4.37. The lowest BCUT2D eigenvalue weighted by atomic mass is 10.3. The van der Waals surface area contributed by atoms with Gasteiger partial charge in [-0.3, -0.25) is 4.90 Å². The highest BCUT2D eigenvalue weighted by molar-refractivity contribution is 7.15. The van der Waals surface area contributed by atoms with E-state index in [0.29, 0.717) is 32.2 Å². The molecule has 1 saturated heterocycles. The van der Waals surface area contributed by atoms with Gasteiger partial charge in [0.25, 0.3) is 0 Å². The van der Waals surface area contributed by atoms with E-state index >= 15 is 0 Å². The van der Waals surface area contributed by atoms with Crippen molar-refractivity contribution < 1.29 is 13.2 Å². The third-order valence-electron chi connectivity index (χ3n) is 3.73. The number of nitrogens with one attached hydrogen (secondary N) is 1. The molecule has 1 aliphatic heterocycles. The Morgan fingerprint density at radius 1 is 1.24 bits per heavy atom. The highest BCUT2D eigenvalue weighted by Gasteiger charge is 2.32. The van der Waals surface area contributed by atoms with Crippen molar-refractivity contribution in [2.75, 3.05) is 37.6 Å². The molecule has 1 saturated carbocycles. The second kappa shape index (κ2) is 6.10. The second-order valence-corrected chi connectivity index (χ2v) is 6.74. The van der Waals surface area contributed by atoms with E-state index in [1.807, 2.05) is 6.20 Å². The molecule has 21 heavy (non-hydrogen) atoms. The fourth-order valence-corrected chi connectivity index (χ4v) is 3.32. The average molecular weight is 320 g/mol. The molecule has 0 amide bonds. The van der Waals surface area contributed by atoms with Crippen LogP contribution in [0, 0.1) is 0 Å². The minimum absolute atomic E-state index is 0.439. The number of nitrogens with zero attached hydrogens (tertiary/aromatic N) is 3. The largest absolute Gasteiger partial charge is 0.401 e. The zero-order valence-corrected chi connectivity index (χ0v) is 12.5. The SMILES string of the molecule is FC(F)(F)CN1CCN(c2ncc(CNC3CC3)s2)CC1. The smallest absolute Gasteiger partial charge is 0.346 e. The van der Waals surface area contributed by atoms with Crippen LogP contribution in [0.25, 0.3) is 0 Å². The lowest BCUT2D eigenvalue weighted by Crippen LogP contribution is -2.49. The Balaban J connectivity index is 1.47. The van der Waals surface area contributed by atoms with Gasteiger partial charge in [-0.05, 0) is 12.8 Å². The topological polar surface area (TPSA) is 31.4 Å². The quantitative estimate of drug-likeness (QED) is 0.900. The van der Waals surface area contributed by atoms with Crippen molar-refractivity contribution in [1.82, 2.24) is 15.2 Å². The summed E-state index contributed by atoms with van der Waals surface area (Å²) in [5.41, 5.74) is 0. The van der Waals surface area contributed by atoms with Gasteiger partial charge >= 0.3 is 6.18 Å². The minimum Gasteiger partial charge on any atom is -0.346 e. The Morgan fingerprint density at radius 3 is 2.57 bits per heavy atom. The van der Waals surface area contributed by atoms with Crippen LogP contribution < -0.4 is 10.2 Å². The van der Waals surface area contributed by atoms with Gasteiger partial charge in [0.1, 0.15) is 0 Å². The molecule has 0 unspecified atom stereocenters. The molecule has 1 aromatic rings. The van der Waals surface area contributed by atoms with E-state index in [1.165, 1.54) is 22.6 Å². The molecule has 118 valence electrons. The van der Waals surface area contributed by atoms with Gasteiger partial charge in [0.2, 0.25) is 0 Å². The summed E-state index contributed by atoms with van der Waals surface area (Å²) in [5, 5.41) is 4.37. The van der Waals surface area contributed by atoms with Crippen molar-refractivity contribution in [2.24, 2.45) is 0 Å². The number of piperazine rings is 1. The predicted molar refractivity (Wildman–Crippen MR) is 76.7 cm³/mol. The van der Waals surface area contributed by atoms with Crippen molar-refractivity contribution >= 4 is 16.5 Å². The van der Waals surface area contributed by atoms with Gasteiger partial charge in [-0.15, -0.1) is 11.3 Å². The van der Waals surface area contributed by atoms with Crippen LogP contribution in [0.2, 0.25) is 0 Å².